The number of hydrogen-bond donors (Lipinski definition) is 1. The van der Waals surface area contributed by atoms with Gasteiger partial charge in [0.1, 0.15) is 11.5 Å². The van der Waals surface area contributed by atoms with Gasteiger partial charge in [-0.15, -0.1) is 0 Å². The predicted octanol–water partition coefficient (Wildman–Crippen LogP) is 2.11. The molecule has 8 heteroatoms. The number of imidazole rings is 1. The molecule has 0 spiro atoms. The molecule has 0 saturated carbocycles. The first-order valence-corrected chi connectivity index (χ1v) is 8.59. The number of urea groups is 1. The van der Waals surface area contributed by atoms with Crippen LogP contribution in [0.4, 0.5) is 9.18 Å². The number of carbonyl (C=O) groups excluding carboxylic acids is 2. The lowest BCUT2D eigenvalue weighted by molar-refractivity contribution is -0.123. The SMILES string of the molecule is Cn1c(=O)n(C)c2cc(/C=C3\NC(=O)N(Cc4ccc(F)cc4)C3=O)ccc21. The summed E-state index contributed by atoms with van der Waals surface area (Å²) in [6.45, 7) is 0.0501. The molecule has 0 unspecified atom stereocenters. The van der Waals surface area contributed by atoms with Crippen LogP contribution in [0.25, 0.3) is 17.1 Å². The number of benzene rings is 2. The number of aryl methyl sites for hydroxylation is 2. The number of nitrogens with one attached hydrogen (secondary N) is 1. The molecule has 0 bridgehead atoms. The lowest BCUT2D eigenvalue weighted by Crippen LogP contribution is -2.30. The second-order valence-corrected chi connectivity index (χ2v) is 6.65. The van der Waals surface area contributed by atoms with Crippen LogP contribution >= 0.6 is 0 Å². The van der Waals surface area contributed by atoms with Crippen LogP contribution in [0, 0.1) is 5.82 Å². The third-order valence-electron chi connectivity index (χ3n) is 4.82. The molecule has 1 fully saturated rings. The van der Waals surface area contributed by atoms with E-state index in [1.165, 1.54) is 28.8 Å². The summed E-state index contributed by atoms with van der Waals surface area (Å²) in [6, 6.07) is 10.4. The lowest BCUT2D eigenvalue weighted by Gasteiger charge is -2.11. The Balaban J connectivity index is 1.63. The lowest BCUT2D eigenvalue weighted by atomic mass is 10.1. The minimum Gasteiger partial charge on any atom is -0.303 e. The van der Waals surface area contributed by atoms with E-state index in [4.69, 9.17) is 0 Å². The fraction of sp³-hybridized carbons (Fsp3) is 0.150. The molecular weight excluding hydrogens is 363 g/mol. The summed E-state index contributed by atoms with van der Waals surface area (Å²) < 4.78 is 16.1. The number of halogens is 1. The van der Waals surface area contributed by atoms with Crippen molar-refractivity contribution < 1.29 is 14.0 Å². The van der Waals surface area contributed by atoms with Crippen LogP contribution in [0.3, 0.4) is 0 Å². The molecule has 1 saturated heterocycles. The summed E-state index contributed by atoms with van der Waals surface area (Å²) in [7, 11) is 3.37. The number of aromatic nitrogens is 2. The standard InChI is InChI=1S/C20H17FN4O3/c1-23-16-8-5-13(10-17(16)24(2)20(23)28)9-15-18(26)25(19(27)22-15)11-12-3-6-14(21)7-4-12/h3-10H,11H2,1-2H3,(H,22,27)/b15-9-. The number of nitrogens with zero attached hydrogens (tertiary/aromatic N) is 3. The number of hydrogen-bond acceptors (Lipinski definition) is 3. The van der Waals surface area contributed by atoms with E-state index in [1.54, 1.807) is 42.9 Å². The fourth-order valence-electron chi connectivity index (χ4n) is 3.27. The second-order valence-electron chi connectivity index (χ2n) is 6.65. The van der Waals surface area contributed by atoms with Crippen LogP contribution < -0.4 is 11.0 Å². The summed E-state index contributed by atoms with van der Waals surface area (Å²) in [5.41, 5.74) is 2.83. The molecule has 1 aromatic heterocycles. The average molecular weight is 380 g/mol. The van der Waals surface area contributed by atoms with E-state index in [0.717, 1.165) is 15.9 Å². The Bertz CT molecular complexity index is 1200. The Morgan fingerprint density at radius 3 is 2.36 bits per heavy atom. The minimum absolute atomic E-state index is 0.0501. The fourth-order valence-corrected chi connectivity index (χ4v) is 3.27. The van der Waals surface area contributed by atoms with Gasteiger partial charge in [0.05, 0.1) is 17.6 Å². The van der Waals surface area contributed by atoms with Crippen molar-refractivity contribution in [2.24, 2.45) is 14.1 Å². The molecular formula is C20H17FN4O3. The zero-order valence-electron chi connectivity index (χ0n) is 15.3. The summed E-state index contributed by atoms with van der Waals surface area (Å²) in [5, 5.41) is 2.56. The number of carbonyl (C=O) groups is 2. The summed E-state index contributed by atoms with van der Waals surface area (Å²) in [6.07, 6.45) is 1.57. The number of fused-ring (bicyclic) bond motifs is 1. The van der Waals surface area contributed by atoms with Crippen molar-refractivity contribution in [3.05, 3.63) is 75.6 Å². The summed E-state index contributed by atoms with van der Waals surface area (Å²) in [4.78, 5) is 37.9. The maximum Gasteiger partial charge on any atom is 0.329 e. The molecule has 2 aromatic carbocycles. The van der Waals surface area contributed by atoms with Gasteiger partial charge in [-0.2, -0.15) is 0 Å². The van der Waals surface area contributed by atoms with Crippen LogP contribution in [-0.2, 0) is 25.4 Å². The molecule has 4 rings (SSSR count). The molecule has 3 amide bonds. The van der Waals surface area contributed by atoms with Crippen molar-refractivity contribution in [1.29, 1.82) is 0 Å². The van der Waals surface area contributed by atoms with Crippen LogP contribution in [0.5, 0.6) is 0 Å². The van der Waals surface area contributed by atoms with Crippen LogP contribution in [-0.4, -0.2) is 26.0 Å². The maximum atomic E-state index is 13.0. The van der Waals surface area contributed by atoms with Gasteiger partial charge in [0, 0.05) is 14.1 Å². The van der Waals surface area contributed by atoms with Crippen molar-refractivity contribution in [3.8, 4) is 0 Å². The van der Waals surface area contributed by atoms with E-state index in [1.807, 2.05) is 0 Å². The summed E-state index contributed by atoms with van der Waals surface area (Å²) >= 11 is 0. The van der Waals surface area contributed by atoms with E-state index < -0.39 is 11.9 Å². The Hall–Kier alpha value is -3.68. The topological polar surface area (TPSA) is 76.3 Å². The highest BCUT2D eigenvalue weighted by atomic mass is 19.1. The first kappa shape index (κ1) is 17.7. The van der Waals surface area contributed by atoms with Crippen molar-refractivity contribution in [2.75, 3.05) is 0 Å². The van der Waals surface area contributed by atoms with Gasteiger partial charge in [0.15, 0.2) is 0 Å². The molecule has 28 heavy (non-hydrogen) atoms. The predicted molar refractivity (Wildman–Crippen MR) is 102 cm³/mol. The number of amides is 3. The Kier molecular flexibility index (Phi) is 4.11. The first-order valence-electron chi connectivity index (χ1n) is 8.59. The monoisotopic (exact) mass is 380 g/mol. The van der Waals surface area contributed by atoms with Gasteiger partial charge in [-0.25, -0.2) is 14.0 Å². The van der Waals surface area contributed by atoms with Gasteiger partial charge in [0.25, 0.3) is 5.91 Å². The Labute approximate surface area is 159 Å². The average Bonchev–Trinajstić information content (AvgIpc) is 3.06. The highest BCUT2D eigenvalue weighted by molar-refractivity contribution is 6.14. The van der Waals surface area contributed by atoms with Gasteiger partial charge < -0.3 is 5.32 Å². The van der Waals surface area contributed by atoms with Gasteiger partial charge in [-0.05, 0) is 41.5 Å². The Morgan fingerprint density at radius 2 is 1.64 bits per heavy atom. The maximum absolute atomic E-state index is 13.0. The molecule has 7 nitrogen and oxygen atoms in total. The molecule has 3 aromatic rings. The molecule has 1 N–H and O–H groups in total. The Morgan fingerprint density at radius 1 is 0.964 bits per heavy atom. The molecule has 1 aliphatic heterocycles. The minimum atomic E-state index is -0.534. The highest BCUT2D eigenvalue weighted by Crippen LogP contribution is 2.20. The molecule has 0 radical (unpaired) electrons. The van der Waals surface area contributed by atoms with Gasteiger partial charge >= 0.3 is 11.7 Å². The quantitative estimate of drug-likeness (QED) is 0.559. The molecule has 0 atom stereocenters. The molecule has 1 aliphatic rings. The van der Waals surface area contributed by atoms with Crippen molar-refractivity contribution in [2.45, 2.75) is 6.54 Å². The van der Waals surface area contributed by atoms with Crippen molar-refractivity contribution in [3.63, 3.8) is 0 Å². The van der Waals surface area contributed by atoms with E-state index in [0.29, 0.717) is 11.1 Å². The summed E-state index contributed by atoms with van der Waals surface area (Å²) in [5.74, 6) is -0.844. The normalized spacial score (nSPS) is 15.7. The smallest absolute Gasteiger partial charge is 0.303 e. The number of rotatable bonds is 3. The third kappa shape index (κ3) is 2.88. The van der Waals surface area contributed by atoms with E-state index in [-0.39, 0.29) is 23.7 Å². The van der Waals surface area contributed by atoms with E-state index in [9.17, 15) is 18.8 Å². The number of imide groups is 1. The zero-order valence-corrected chi connectivity index (χ0v) is 15.3. The van der Waals surface area contributed by atoms with E-state index >= 15 is 0 Å². The van der Waals surface area contributed by atoms with Crippen LogP contribution in [0.1, 0.15) is 11.1 Å². The van der Waals surface area contributed by atoms with Crippen LogP contribution in [0.15, 0.2) is 53.0 Å². The van der Waals surface area contributed by atoms with Crippen molar-refractivity contribution in [1.82, 2.24) is 19.4 Å². The first-order chi connectivity index (χ1) is 13.3. The third-order valence-corrected chi connectivity index (χ3v) is 4.82. The van der Waals surface area contributed by atoms with Crippen molar-refractivity contribution >= 4 is 29.0 Å². The van der Waals surface area contributed by atoms with E-state index in [2.05, 4.69) is 5.32 Å². The molecule has 0 aliphatic carbocycles. The van der Waals surface area contributed by atoms with Crippen LogP contribution in [0.2, 0.25) is 0 Å². The van der Waals surface area contributed by atoms with Gasteiger partial charge in [-0.3, -0.25) is 18.8 Å². The largest absolute Gasteiger partial charge is 0.329 e. The molecule has 2 heterocycles. The highest BCUT2D eigenvalue weighted by Gasteiger charge is 2.33. The second kappa shape index (κ2) is 6.49. The zero-order chi connectivity index (χ0) is 20.0. The van der Waals surface area contributed by atoms with Gasteiger partial charge in [-0.1, -0.05) is 18.2 Å². The molecule has 142 valence electrons. The van der Waals surface area contributed by atoms with Gasteiger partial charge in [0.2, 0.25) is 0 Å².